The van der Waals surface area contributed by atoms with Crippen LogP contribution in [0, 0.1) is 5.92 Å². The van der Waals surface area contributed by atoms with Gasteiger partial charge in [-0.25, -0.2) is 13.0 Å². The molecule has 1 heterocycles. The second kappa shape index (κ2) is 11.0. The summed E-state index contributed by atoms with van der Waals surface area (Å²) in [4.78, 5) is 21.8. The van der Waals surface area contributed by atoms with E-state index in [1.165, 1.54) is 0 Å². The van der Waals surface area contributed by atoms with Gasteiger partial charge in [0.25, 0.3) is 0 Å². The lowest BCUT2D eigenvalue weighted by Crippen LogP contribution is -2.35. The molecule has 10 heteroatoms. The lowest BCUT2D eigenvalue weighted by Gasteiger charge is -2.09. The van der Waals surface area contributed by atoms with Gasteiger partial charge in [0.1, 0.15) is 12.4 Å². The fourth-order valence-electron chi connectivity index (χ4n) is 2.09. The highest BCUT2D eigenvalue weighted by Gasteiger charge is 2.25. The molecule has 0 bridgehead atoms. The number of nitrogens with zero attached hydrogens (tertiary/aromatic N) is 1. The van der Waals surface area contributed by atoms with Crippen molar-refractivity contribution in [1.29, 1.82) is 0 Å². The Balaban J connectivity index is 0.000000696. The smallest absolute Gasteiger partial charge is 0.318 e. The van der Waals surface area contributed by atoms with Crippen molar-refractivity contribution in [3.05, 3.63) is 60.4 Å². The Morgan fingerprint density at radius 1 is 1.07 bits per heavy atom. The Labute approximate surface area is 162 Å². The van der Waals surface area contributed by atoms with Gasteiger partial charge in [-0.2, -0.15) is 0 Å². The van der Waals surface area contributed by atoms with Crippen molar-refractivity contribution >= 4 is 22.1 Å². The van der Waals surface area contributed by atoms with E-state index >= 15 is 0 Å². The molecule has 28 heavy (non-hydrogen) atoms. The van der Waals surface area contributed by atoms with Crippen molar-refractivity contribution in [3.63, 3.8) is 0 Å². The minimum absolute atomic E-state index is 0.0508. The Kier molecular flexibility index (Phi) is 9.06. The van der Waals surface area contributed by atoms with E-state index in [1.807, 2.05) is 35.2 Å². The molecule has 0 radical (unpaired) electrons. The molecule has 152 valence electrons. The van der Waals surface area contributed by atoms with E-state index in [-0.39, 0.29) is 6.42 Å². The standard InChI is InChI=1S/C17H17NO5.CH4O3S/c19-16(20)15(17(21)22)12-13-4-6-14(7-5-13)23-11-10-18-8-2-1-3-9-18;1-5(2,3)4/h1-9,15H,10-12H2,(H-,19,20,21,22);1H3,(H,2,3,4). The van der Waals surface area contributed by atoms with E-state index in [4.69, 9.17) is 27.9 Å². The van der Waals surface area contributed by atoms with Crippen LogP contribution in [0.5, 0.6) is 5.75 Å². The summed E-state index contributed by atoms with van der Waals surface area (Å²) in [6.07, 6.45) is 4.45. The van der Waals surface area contributed by atoms with Crippen LogP contribution in [0.3, 0.4) is 0 Å². The summed E-state index contributed by atoms with van der Waals surface area (Å²) in [5.74, 6) is -3.45. The van der Waals surface area contributed by atoms with Gasteiger partial charge in [0, 0.05) is 18.4 Å². The molecule has 1 aromatic carbocycles. The molecule has 2 N–H and O–H groups in total. The summed E-state index contributed by atoms with van der Waals surface area (Å²) in [6, 6.07) is 12.6. The van der Waals surface area contributed by atoms with Gasteiger partial charge in [0.2, 0.25) is 0 Å². The first-order valence-corrected chi connectivity index (χ1v) is 9.90. The van der Waals surface area contributed by atoms with Gasteiger partial charge in [0.05, 0.1) is 10.1 Å². The van der Waals surface area contributed by atoms with Crippen molar-refractivity contribution in [3.8, 4) is 5.75 Å². The fraction of sp³-hybridized carbons (Fsp3) is 0.278. The van der Waals surface area contributed by atoms with Crippen LogP contribution in [0.25, 0.3) is 0 Å². The number of aromatic nitrogens is 1. The van der Waals surface area contributed by atoms with Gasteiger partial charge in [-0.15, -0.1) is 0 Å². The van der Waals surface area contributed by atoms with Crippen LogP contribution < -0.4 is 9.30 Å². The van der Waals surface area contributed by atoms with Gasteiger partial charge in [0.15, 0.2) is 24.9 Å². The van der Waals surface area contributed by atoms with Gasteiger partial charge < -0.3 is 19.5 Å². The Morgan fingerprint density at radius 3 is 2.04 bits per heavy atom. The number of hydrogen-bond donors (Lipinski definition) is 2. The maximum Gasteiger partial charge on any atom is 0.318 e. The molecule has 0 spiro atoms. The van der Waals surface area contributed by atoms with Crippen LogP contribution in [-0.4, -0.2) is 48.0 Å². The van der Waals surface area contributed by atoms with Crippen molar-refractivity contribution in [1.82, 2.24) is 0 Å². The largest absolute Gasteiger partial charge is 0.748 e. The van der Waals surface area contributed by atoms with Crippen LogP contribution in [-0.2, 0) is 32.7 Å². The second-order valence-corrected chi connectivity index (χ2v) is 7.15. The van der Waals surface area contributed by atoms with E-state index in [0.29, 0.717) is 30.7 Å². The topological polar surface area (TPSA) is 145 Å². The zero-order chi connectivity index (χ0) is 21.2. The van der Waals surface area contributed by atoms with E-state index in [2.05, 4.69) is 0 Å². The average molecular weight is 411 g/mol. The monoisotopic (exact) mass is 411 g/mol. The Hall–Kier alpha value is -2.98. The molecule has 0 aliphatic heterocycles. The predicted molar refractivity (Wildman–Crippen MR) is 96.7 cm³/mol. The fourth-order valence-corrected chi connectivity index (χ4v) is 2.09. The van der Waals surface area contributed by atoms with Crippen molar-refractivity contribution in [2.75, 3.05) is 12.9 Å². The zero-order valence-corrected chi connectivity index (χ0v) is 15.9. The molecule has 0 saturated carbocycles. The SMILES string of the molecule is CS(=O)(=O)[O-].O=C(O)C(Cc1ccc(OCC[n+]2ccccc2)cc1)C(=O)O. The third-order valence-corrected chi connectivity index (χ3v) is 3.35. The number of pyridine rings is 1. The maximum absolute atomic E-state index is 10.9. The van der Waals surface area contributed by atoms with Crippen LogP contribution in [0.2, 0.25) is 0 Å². The summed E-state index contributed by atoms with van der Waals surface area (Å²) in [5, 5.41) is 17.8. The van der Waals surface area contributed by atoms with Crippen molar-refractivity contribution in [2.24, 2.45) is 5.92 Å². The van der Waals surface area contributed by atoms with Gasteiger partial charge in [-0.3, -0.25) is 9.59 Å². The molecule has 0 fully saturated rings. The van der Waals surface area contributed by atoms with Crippen LogP contribution in [0.4, 0.5) is 0 Å². The molecule has 0 aliphatic carbocycles. The number of rotatable bonds is 8. The lowest BCUT2D eigenvalue weighted by molar-refractivity contribution is -0.697. The molecule has 0 saturated heterocycles. The first-order chi connectivity index (χ1) is 13.1. The number of carboxylic acids is 2. The second-order valence-electron chi connectivity index (χ2n) is 5.74. The van der Waals surface area contributed by atoms with Gasteiger partial charge in [-0.1, -0.05) is 18.2 Å². The van der Waals surface area contributed by atoms with Crippen molar-refractivity contribution in [2.45, 2.75) is 13.0 Å². The van der Waals surface area contributed by atoms with Crippen LogP contribution in [0.15, 0.2) is 54.9 Å². The van der Waals surface area contributed by atoms with E-state index in [1.54, 1.807) is 24.3 Å². The molecule has 2 aromatic rings. The van der Waals surface area contributed by atoms with Gasteiger partial charge >= 0.3 is 11.9 Å². The number of aliphatic carboxylic acids is 2. The average Bonchev–Trinajstić information content (AvgIpc) is 2.60. The number of ether oxygens (including phenoxy) is 1. The van der Waals surface area contributed by atoms with E-state index < -0.39 is 28.0 Å². The zero-order valence-electron chi connectivity index (χ0n) is 15.1. The summed E-state index contributed by atoms with van der Waals surface area (Å²) in [5.41, 5.74) is 0.643. The lowest BCUT2D eigenvalue weighted by atomic mass is 10.00. The molecule has 0 atom stereocenters. The third kappa shape index (κ3) is 10.2. The van der Waals surface area contributed by atoms with Crippen LogP contribution in [0.1, 0.15) is 5.56 Å². The molecular weight excluding hydrogens is 390 g/mol. The number of carboxylic acid groups (broad SMARTS) is 2. The molecular formula is C18H21NO8S. The first kappa shape index (κ1) is 23.1. The molecule has 0 unspecified atom stereocenters. The van der Waals surface area contributed by atoms with Gasteiger partial charge in [-0.05, 0) is 24.1 Å². The number of hydrogen-bond acceptors (Lipinski definition) is 6. The quantitative estimate of drug-likeness (QED) is 0.364. The molecule has 2 rings (SSSR count). The Morgan fingerprint density at radius 2 is 1.57 bits per heavy atom. The van der Waals surface area contributed by atoms with E-state index in [9.17, 15) is 9.59 Å². The maximum atomic E-state index is 10.9. The summed E-state index contributed by atoms with van der Waals surface area (Å²) >= 11 is 0. The minimum Gasteiger partial charge on any atom is -0.748 e. The first-order valence-electron chi connectivity index (χ1n) is 8.08. The molecule has 1 aromatic heterocycles. The normalized spacial score (nSPS) is 10.7. The Bertz CT molecular complexity index is 844. The minimum atomic E-state index is -3.92. The summed E-state index contributed by atoms with van der Waals surface area (Å²) in [7, 11) is -3.92. The highest BCUT2D eigenvalue weighted by Crippen LogP contribution is 2.15. The third-order valence-electron chi connectivity index (χ3n) is 3.35. The number of carbonyl (C=O) groups is 2. The highest BCUT2D eigenvalue weighted by atomic mass is 32.2. The van der Waals surface area contributed by atoms with Crippen molar-refractivity contribution < 1.29 is 42.1 Å². The number of benzene rings is 1. The predicted octanol–water partition coefficient (Wildman–Crippen LogP) is 0.542. The van der Waals surface area contributed by atoms with E-state index in [0.717, 1.165) is 0 Å². The molecule has 0 amide bonds. The summed E-state index contributed by atoms with van der Waals surface area (Å²) in [6.45, 7) is 1.21. The highest BCUT2D eigenvalue weighted by molar-refractivity contribution is 7.84. The molecule has 9 nitrogen and oxygen atoms in total. The van der Waals surface area contributed by atoms with Crippen LogP contribution >= 0.6 is 0 Å². The summed E-state index contributed by atoms with van der Waals surface area (Å²) < 4.78 is 34.8. The molecule has 0 aliphatic rings.